The van der Waals surface area contributed by atoms with Crippen LogP contribution in [0.25, 0.3) is 5.69 Å². The van der Waals surface area contributed by atoms with Gasteiger partial charge in [0.25, 0.3) is 5.56 Å². The molecule has 1 aromatic carbocycles. The van der Waals surface area contributed by atoms with Crippen LogP contribution in [0.3, 0.4) is 0 Å². The molecule has 6 nitrogen and oxygen atoms in total. The molecule has 20 heavy (non-hydrogen) atoms. The number of hydrogen-bond acceptors (Lipinski definition) is 3. The number of aromatic nitrogens is 2. The maximum atomic E-state index is 13.8. The van der Waals surface area contributed by atoms with Crippen molar-refractivity contribution in [3.8, 4) is 5.69 Å². The van der Waals surface area contributed by atoms with E-state index in [1.165, 1.54) is 17.7 Å². The molecule has 0 bridgehead atoms. The highest BCUT2D eigenvalue weighted by Gasteiger charge is 2.15. The van der Waals surface area contributed by atoms with Crippen LogP contribution >= 0.6 is 0 Å². The Balaban J connectivity index is 2.85. The summed E-state index contributed by atoms with van der Waals surface area (Å²) >= 11 is 0. The van der Waals surface area contributed by atoms with Crippen molar-refractivity contribution in [2.75, 3.05) is 0 Å². The normalized spacial score (nSPS) is 10.6. The van der Waals surface area contributed by atoms with Crippen LogP contribution in [0.15, 0.2) is 33.9 Å². The van der Waals surface area contributed by atoms with Gasteiger partial charge in [0.05, 0.1) is 11.3 Å². The van der Waals surface area contributed by atoms with Gasteiger partial charge in [0, 0.05) is 18.8 Å². The molecule has 104 valence electrons. The fourth-order valence-electron chi connectivity index (χ4n) is 1.77. The second-order valence-corrected chi connectivity index (χ2v) is 4.27. The lowest BCUT2D eigenvalue weighted by Gasteiger charge is -2.10. The monoisotopic (exact) mass is 278 g/mol. The molecule has 0 atom stereocenters. The van der Waals surface area contributed by atoms with Crippen molar-refractivity contribution < 1.29 is 14.3 Å². The van der Waals surface area contributed by atoms with Crippen molar-refractivity contribution in [3.05, 3.63) is 62.2 Å². The first kappa shape index (κ1) is 13.7. The zero-order chi connectivity index (χ0) is 15.0. The van der Waals surface area contributed by atoms with Crippen molar-refractivity contribution >= 4 is 5.97 Å². The molecule has 0 unspecified atom stereocenters. The van der Waals surface area contributed by atoms with E-state index in [1.807, 2.05) is 0 Å². The van der Waals surface area contributed by atoms with Gasteiger partial charge in [-0.2, -0.15) is 0 Å². The van der Waals surface area contributed by atoms with Gasteiger partial charge in [0.15, 0.2) is 0 Å². The quantitative estimate of drug-likeness (QED) is 0.876. The molecule has 1 aromatic heterocycles. The average Bonchev–Trinajstić information content (AvgIpc) is 2.38. The lowest BCUT2D eigenvalue weighted by molar-refractivity contribution is 0.0697. The smallest absolute Gasteiger partial charge is 0.335 e. The van der Waals surface area contributed by atoms with Crippen LogP contribution in [0.2, 0.25) is 0 Å². The molecule has 0 aliphatic heterocycles. The van der Waals surface area contributed by atoms with E-state index in [9.17, 15) is 18.8 Å². The minimum Gasteiger partial charge on any atom is -0.478 e. The number of aryl methyl sites for hydroxylation is 1. The molecular weight excluding hydrogens is 267 g/mol. The molecular formula is C13H11FN2O4. The van der Waals surface area contributed by atoms with Crippen LogP contribution in [0, 0.1) is 12.7 Å². The molecule has 0 spiro atoms. The van der Waals surface area contributed by atoms with E-state index >= 15 is 0 Å². The van der Waals surface area contributed by atoms with E-state index in [0.717, 1.165) is 18.2 Å². The SMILES string of the molecule is Cc1cc(=O)n(-c2cc(C(=O)O)ccc2F)c(=O)n1C. The lowest BCUT2D eigenvalue weighted by Crippen LogP contribution is -2.38. The second-order valence-electron chi connectivity index (χ2n) is 4.27. The Labute approximate surface area is 112 Å². The number of nitrogens with zero attached hydrogens (tertiary/aromatic N) is 2. The topological polar surface area (TPSA) is 81.3 Å². The third-order valence-electron chi connectivity index (χ3n) is 2.99. The standard InChI is InChI=1S/C13H11FN2O4/c1-7-5-11(17)16(13(20)15(7)2)10-6-8(12(18)19)3-4-9(10)14/h3-6H,1-2H3,(H,18,19). The fourth-order valence-corrected chi connectivity index (χ4v) is 1.77. The van der Waals surface area contributed by atoms with Crippen molar-refractivity contribution in [3.63, 3.8) is 0 Å². The summed E-state index contributed by atoms with van der Waals surface area (Å²) in [5.74, 6) is -2.12. The third-order valence-corrected chi connectivity index (χ3v) is 2.99. The number of carbonyl (C=O) groups is 1. The minimum atomic E-state index is -1.27. The highest BCUT2D eigenvalue weighted by Crippen LogP contribution is 2.13. The number of halogens is 1. The predicted octanol–water partition coefficient (Wildman–Crippen LogP) is 0.682. The van der Waals surface area contributed by atoms with Crippen LogP contribution in [-0.2, 0) is 7.05 Å². The van der Waals surface area contributed by atoms with Gasteiger partial charge in [-0.3, -0.25) is 4.79 Å². The van der Waals surface area contributed by atoms with Crippen molar-refractivity contribution in [1.29, 1.82) is 0 Å². The van der Waals surface area contributed by atoms with Gasteiger partial charge in [-0.15, -0.1) is 0 Å². The summed E-state index contributed by atoms with van der Waals surface area (Å²) in [6.45, 7) is 1.57. The zero-order valence-electron chi connectivity index (χ0n) is 10.8. The largest absolute Gasteiger partial charge is 0.478 e. The van der Waals surface area contributed by atoms with Crippen LogP contribution < -0.4 is 11.2 Å². The Hall–Kier alpha value is -2.70. The van der Waals surface area contributed by atoms with Crippen LogP contribution in [0.4, 0.5) is 4.39 Å². The Kier molecular flexibility index (Phi) is 3.27. The van der Waals surface area contributed by atoms with Gasteiger partial charge in [0.2, 0.25) is 0 Å². The number of carboxylic acids is 1. The summed E-state index contributed by atoms with van der Waals surface area (Å²) in [5, 5.41) is 8.89. The van der Waals surface area contributed by atoms with E-state index in [4.69, 9.17) is 5.11 Å². The maximum Gasteiger partial charge on any atom is 0.335 e. The summed E-state index contributed by atoms with van der Waals surface area (Å²) in [6, 6.07) is 4.10. The molecule has 7 heteroatoms. The van der Waals surface area contributed by atoms with Gasteiger partial charge in [-0.05, 0) is 25.1 Å². The van der Waals surface area contributed by atoms with Gasteiger partial charge < -0.3 is 9.67 Å². The van der Waals surface area contributed by atoms with E-state index in [2.05, 4.69) is 0 Å². The molecule has 0 aliphatic carbocycles. The molecule has 0 radical (unpaired) electrons. The van der Waals surface area contributed by atoms with Gasteiger partial charge in [-0.25, -0.2) is 18.5 Å². The highest BCUT2D eigenvalue weighted by atomic mass is 19.1. The maximum absolute atomic E-state index is 13.8. The number of aromatic carboxylic acids is 1. The Morgan fingerprint density at radius 3 is 2.50 bits per heavy atom. The highest BCUT2D eigenvalue weighted by molar-refractivity contribution is 5.88. The molecule has 2 aromatic rings. The van der Waals surface area contributed by atoms with E-state index in [0.29, 0.717) is 10.3 Å². The Morgan fingerprint density at radius 1 is 1.25 bits per heavy atom. The first-order valence-electron chi connectivity index (χ1n) is 5.66. The van der Waals surface area contributed by atoms with Crippen molar-refractivity contribution in [2.24, 2.45) is 7.05 Å². The number of rotatable bonds is 2. The van der Waals surface area contributed by atoms with Gasteiger partial charge in [-0.1, -0.05) is 0 Å². The van der Waals surface area contributed by atoms with E-state index in [-0.39, 0.29) is 11.3 Å². The van der Waals surface area contributed by atoms with Crippen molar-refractivity contribution in [1.82, 2.24) is 9.13 Å². The molecule has 0 saturated carbocycles. The molecule has 0 amide bonds. The first-order valence-corrected chi connectivity index (χ1v) is 5.66. The Bertz CT molecular complexity index is 820. The summed E-state index contributed by atoms with van der Waals surface area (Å²) in [7, 11) is 1.44. The molecule has 1 heterocycles. The summed E-state index contributed by atoms with van der Waals surface area (Å²) < 4.78 is 15.6. The number of benzene rings is 1. The van der Waals surface area contributed by atoms with E-state index < -0.39 is 23.0 Å². The second kappa shape index (κ2) is 4.76. The number of hydrogen-bond donors (Lipinski definition) is 1. The fraction of sp³-hybridized carbons (Fsp3) is 0.154. The summed E-state index contributed by atoms with van der Waals surface area (Å²) in [5.41, 5.74) is -1.62. The molecule has 0 fully saturated rings. The third kappa shape index (κ3) is 2.13. The molecule has 0 aliphatic rings. The van der Waals surface area contributed by atoms with Crippen LogP contribution in [0.5, 0.6) is 0 Å². The Morgan fingerprint density at radius 2 is 1.90 bits per heavy atom. The average molecular weight is 278 g/mol. The number of carboxylic acid groups (broad SMARTS) is 1. The first-order chi connectivity index (χ1) is 9.32. The lowest BCUT2D eigenvalue weighted by atomic mass is 10.2. The van der Waals surface area contributed by atoms with Crippen LogP contribution in [-0.4, -0.2) is 20.2 Å². The predicted molar refractivity (Wildman–Crippen MR) is 68.9 cm³/mol. The molecule has 1 N–H and O–H groups in total. The summed E-state index contributed by atoms with van der Waals surface area (Å²) in [4.78, 5) is 34.8. The zero-order valence-corrected chi connectivity index (χ0v) is 10.8. The summed E-state index contributed by atoms with van der Waals surface area (Å²) in [6.07, 6.45) is 0. The minimum absolute atomic E-state index is 0.212. The van der Waals surface area contributed by atoms with Crippen LogP contribution in [0.1, 0.15) is 16.1 Å². The van der Waals surface area contributed by atoms with E-state index in [1.54, 1.807) is 6.92 Å². The van der Waals surface area contributed by atoms with Gasteiger partial charge in [0.1, 0.15) is 5.82 Å². The van der Waals surface area contributed by atoms with Gasteiger partial charge >= 0.3 is 11.7 Å². The molecule has 0 saturated heterocycles. The van der Waals surface area contributed by atoms with Crippen molar-refractivity contribution in [2.45, 2.75) is 6.92 Å². The molecule has 2 rings (SSSR count).